The first-order valence-electron chi connectivity index (χ1n) is 6.05. The van der Waals surface area contributed by atoms with E-state index in [2.05, 4.69) is 20.4 Å². The van der Waals surface area contributed by atoms with Gasteiger partial charge >= 0.3 is 6.18 Å². The van der Waals surface area contributed by atoms with E-state index in [4.69, 9.17) is 0 Å². The Labute approximate surface area is 106 Å². The molecule has 2 aromatic rings. The van der Waals surface area contributed by atoms with Gasteiger partial charge in [-0.05, 0) is 32.0 Å². The molecule has 3 heterocycles. The Morgan fingerprint density at radius 3 is 2.68 bits per heavy atom. The zero-order valence-electron chi connectivity index (χ0n) is 9.98. The highest BCUT2D eigenvalue weighted by Crippen LogP contribution is 2.28. The number of nitrogens with one attached hydrogen (secondary N) is 1. The van der Waals surface area contributed by atoms with Crippen LogP contribution < -0.4 is 5.32 Å². The van der Waals surface area contributed by atoms with Crippen molar-refractivity contribution in [3.8, 4) is 0 Å². The van der Waals surface area contributed by atoms with Gasteiger partial charge in [-0.2, -0.15) is 18.2 Å². The van der Waals surface area contributed by atoms with Crippen LogP contribution in [-0.4, -0.2) is 32.7 Å². The van der Waals surface area contributed by atoms with Gasteiger partial charge in [-0.25, -0.2) is 9.50 Å². The first kappa shape index (κ1) is 12.3. The van der Waals surface area contributed by atoms with E-state index in [0.717, 1.165) is 31.6 Å². The number of halogens is 3. The van der Waals surface area contributed by atoms with E-state index in [1.807, 2.05) is 0 Å². The molecule has 19 heavy (non-hydrogen) atoms. The molecule has 0 atom stereocenters. The van der Waals surface area contributed by atoms with Crippen molar-refractivity contribution < 1.29 is 13.2 Å². The summed E-state index contributed by atoms with van der Waals surface area (Å²) in [4.78, 5) is 7.28. The number of rotatable bonds is 1. The van der Waals surface area contributed by atoms with Crippen LogP contribution in [0, 0.1) is 0 Å². The molecule has 1 saturated heterocycles. The number of piperidine rings is 1. The van der Waals surface area contributed by atoms with Crippen molar-refractivity contribution in [3.63, 3.8) is 0 Å². The third-order valence-corrected chi connectivity index (χ3v) is 3.28. The molecule has 102 valence electrons. The standard InChI is InChI=1S/C11H12F3N5/c12-11(13,14)9-17-10-16-6-3-8(19(10)18-9)7-1-4-15-5-2-7/h3,6-7,15H,1-2,4-5H2. The summed E-state index contributed by atoms with van der Waals surface area (Å²) >= 11 is 0. The molecule has 0 spiro atoms. The lowest BCUT2D eigenvalue weighted by Crippen LogP contribution is -2.27. The van der Waals surface area contributed by atoms with E-state index in [-0.39, 0.29) is 11.7 Å². The van der Waals surface area contributed by atoms with Gasteiger partial charge in [-0.1, -0.05) is 0 Å². The highest BCUT2D eigenvalue weighted by Gasteiger charge is 2.37. The highest BCUT2D eigenvalue weighted by atomic mass is 19.4. The number of nitrogens with zero attached hydrogens (tertiary/aromatic N) is 4. The Hall–Kier alpha value is -1.70. The van der Waals surface area contributed by atoms with Gasteiger partial charge in [-0.15, -0.1) is 5.10 Å². The second-order valence-electron chi connectivity index (χ2n) is 4.54. The minimum absolute atomic E-state index is 0.00311. The molecule has 0 aliphatic carbocycles. The monoisotopic (exact) mass is 271 g/mol. The molecule has 0 radical (unpaired) electrons. The Balaban J connectivity index is 2.07. The molecule has 2 aromatic heterocycles. The van der Waals surface area contributed by atoms with Crippen LogP contribution in [0.25, 0.3) is 5.78 Å². The quantitative estimate of drug-likeness (QED) is 0.856. The van der Waals surface area contributed by atoms with Gasteiger partial charge in [0.05, 0.1) is 5.69 Å². The molecule has 1 aliphatic rings. The van der Waals surface area contributed by atoms with Crippen LogP contribution in [0.4, 0.5) is 13.2 Å². The van der Waals surface area contributed by atoms with Gasteiger partial charge in [0.25, 0.3) is 11.6 Å². The summed E-state index contributed by atoms with van der Waals surface area (Å²) in [6, 6.07) is 1.72. The average Bonchev–Trinajstić information content (AvgIpc) is 2.83. The van der Waals surface area contributed by atoms with Crippen molar-refractivity contribution >= 4 is 5.78 Å². The fraction of sp³-hybridized carbons (Fsp3) is 0.545. The molecule has 8 heteroatoms. The van der Waals surface area contributed by atoms with Gasteiger partial charge in [0.2, 0.25) is 0 Å². The second kappa shape index (κ2) is 4.44. The van der Waals surface area contributed by atoms with Gasteiger partial charge in [-0.3, -0.25) is 0 Å². The molecule has 1 aliphatic heterocycles. The summed E-state index contributed by atoms with van der Waals surface area (Å²) < 4.78 is 39.1. The topological polar surface area (TPSA) is 55.1 Å². The van der Waals surface area contributed by atoms with E-state index in [9.17, 15) is 13.2 Å². The van der Waals surface area contributed by atoms with Crippen molar-refractivity contribution in [3.05, 3.63) is 23.8 Å². The van der Waals surface area contributed by atoms with E-state index >= 15 is 0 Å². The van der Waals surface area contributed by atoms with Crippen molar-refractivity contribution in [1.82, 2.24) is 24.9 Å². The molecule has 1 N–H and O–H groups in total. The molecule has 0 unspecified atom stereocenters. The molecule has 0 aromatic carbocycles. The third-order valence-electron chi connectivity index (χ3n) is 3.28. The lowest BCUT2D eigenvalue weighted by atomic mass is 9.94. The average molecular weight is 271 g/mol. The molecule has 0 bridgehead atoms. The van der Waals surface area contributed by atoms with Crippen molar-refractivity contribution in [2.24, 2.45) is 0 Å². The van der Waals surface area contributed by atoms with Crippen molar-refractivity contribution in [1.29, 1.82) is 0 Å². The highest BCUT2D eigenvalue weighted by molar-refractivity contribution is 5.30. The van der Waals surface area contributed by atoms with Crippen LogP contribution in [0.1, 0.15) is 30.3 Å². The first-order chi connectivity index (χ1) is 9.05. The van der Waals surface area contributed by atoms with E-state index < -0.39 is 12.0 Å². The van der Waals surface area contributed by atoms with Crippen LogP contribution in [0.5, 0.6) is 0 Å². The maximum atomic E-state index is 12.6. The maximum Gasteiger partial charge on any atom is 0.453 e. The molecule has 3 rings (SSSR count). The van der Waals surface area contributed by atoms with Gasteiger partial charge < -0.3 is 5.32 Å². The van der Waals surface area contributed by atoms with E-state index in [1.54, 1.807) is 6.07 Å². The number of hydrogen-bond donors (Lipinski definition) is 1. The number of aromatic nitrogens is 4. The van der Waals surface area contributed by atoms with Crippen LogP contribution in [0.3, 0.4) is 0 Å². The third kappa shape index (κ3) is 2.27. The largest absolute Gasteiger partial charge is 0.453 e. The Bertz CT molecular complexity index is 586. The van der Waals surface area contributed by atoms with E-state index in [0.29, 0.717) is 0 Å². The van der Waals surface area contributed by atoms with E-state index in [1.165, 1.54) is 10.7 Å². The second-order valence-corrected chi connectivity index (χ2v) is 4.54. The summed E-state index contributed by atoms with van der Waals surface area (Å²) in [6.07, 6.45) is -1.30. The maximum absolute atomic E-state index is 12.6. The van der Waals surface area contributed by atoms with Crippen LogP contribution in [-0.2, 0) is 6.18 Å². The minimum atomic E-state index is -4.54. The molecule has 0 saturated carbocycles. The van der Waals surface area contributed by atoms with Crippen LogP contribution in [0.2, 0.25) is 0 Å². The summed E-state index contributed by atoms with van der Waals surface area (Å²) in [5.41, 5.74) is 0.745. The normalized spacial score (nSPS) is 18.1. The van der Waals surface area contributed by atoms with Crippen molar-refractivity contribution in [2.45, 2.75) is 24.9 Å². The number of alkyl halides is 3. The molecule has 1 fully saturated rings. The number of fused-ring (bicyclic) bond motifs is 1. The van der Waals surface area contributed by atoms with Crippen LogP contribution in [0.15, 0.2) is 12.3 Å². The van der Waals surface area contributed by atoms with Gasteiger partial charge in [0.1, 0.15) is 0 Å². The van der Waals surface area contributed by atoms with Crippen molar-refractivity contribution in [2.75, 3.05) is 13.1 Å². The molecule has 0 amide bonds. The Kier molecular flexibility index (Phi) is 2.89. The fourth-order valence-corrected chi connectivity index (χ4v) is 2.36. The zero-order chi connectivity index (χ0) is 13.5. The lowest BCUT2D eigenvalue weighted by molar-refractivity contribution is -0.144. The summed E-state index contributed by atoms with van der Waals surface area (Å²) in [6.45, 7) is 1.71. The molecular formula is C11H12F3N5. The summed E-state index contributed by atoms with van der Waals surface area (Å²) in [7, 11) is 0. The summed E-state index contributed by atoms with van der Waals surface area (Å²) in [5.74, 6) is -0.945. The SMILES string of the molecule is FC(F)(F)c1nc2nccc(C3CCNCC3)n2n1. The molecular weight excluding hydrogens is 259 g/mol. The first-order valence-corrected chi connectivity index (χ1v) is 6.05. The van der Waals surface area contributed by atoms with Gasteiger partial charge in [0, 0.05) is 12.1 Å². The van der Waals surface area contributed by atoms with Gasteiger partial charge in [0.15, 0.2) is 0 Å². The minimum Gasteiger partial charge on any atom is -0.317 e. The van der Waals surface area contributed by atoms with Crippen LogP contribution >= 0.6 is 0 Å². The smallest absolute Gasteiger partial charge is 0.317 e. The lowest BCUT2D eigenvalue weighted by Gasteiger charge is -2.22. The zero-order valence-corrected chi connectivity index (χ0v) is 9.98. The molecule has 5 nitrogen and oxygen atoms in total. The predicted molar refractivity (Wildman–Crippen MR) is 60.6 cm³/mol. The number of hydrogen-bond acceptors (Lipinski definition) is 4. The predicted octanol–water partition coefficient (Wildman–Crippen LogP) is 1.61. The Morgan fingerprint density at radius 2 is 2.00 bits per heavy atom. The Morgan fingerprint density at radius 1 is 1.26 bits per heavy atom. The fourth-order valence-electron chi connectivity index (χ4n) is 2.36. The summed E-state index contributed by atoms with van der Waals surface area (Å²) in [5, 5.41) is 6.78.